The smallest absolute Gasteiger partial charge is 0.388 e. The summed E-state index contributed by atoms with van der Waals surface area (Å²) < 4.78 is 13.9. The van der Waals surface area contributed by atoms with Crippen molar-refractivity contribution in [3.63, 3.8) is 0 Å². The molecule has 0 aromatic heterocycles. The van der Waals surface area contributed by atoms with E-state index < -0.39 is 9.45 Å². The zero-order chi connectivity index (χ0) is 12.4. The molecule has 0 N–H and O–H groups in total. The third kappa shape index (κ3) is 2.75. The van der Waals surface area contributed by atoms with Gasteiger partial charge in [0.25, 0.3) is 0 Å². The molecule has 1 saturated heterocycles. The van der Waals surface area contributed by atoms with Gasteiger partial charge < -0.3 is 8.85 Å². The van der Waals surface area contributed by atoms with Gasteiger partial charge in [0.1, 0.15) is 0 Å². The number of hydrogen-bond acceptors (Lipinski definition) is 3. The minimum atomic E-state index is -1.62. The monoisotopic (exact) mass is 257 g/mol. The van der Waals surface area contributed by atoms with Crippen LogP contribution in [0, 0.1) is 11.8 Å². The molecule has 4 unspecified atom stereocenters. The molecule has 0 amide bonds. The first-order chi connectivity index (χ1) is 8.17. The Morgan fingerprint density at radius 2 is 1.65 bits per heavy atom. The molecular formula is C13H27NO2Si. The van der Waals surface area contributed by atoms with Gasteiger partial charge in [-0.05, 0) is 37.5 Å². The number of hydrogen-bond donors (Lipinski definition) is 0. The van der Waals surface area contributed by atoms with Gasteiger partial charge in [-0.2, -0.15) is 0 Å². The van der Waals surface area contributed by atoms with E-state index in [1.54, 1.807) is 0 Å². The van der Waals surface area contributed by atoms with Crippen molar-refractivity contribution in [2.45, 2.75) is 58.0 Å². The topological polar surface area (TPSA) is 21.7 Å². The second-order valence-corrected chi connectivity index (χ2v) is 8.05. The van der Waals surface area contributed by atoms with Crippen LogP contribution in [-0.4, -0.2) is 40.3 Å². The fraction of sp³-hybridized carbons (Fsp3) is 1.00. The summed E-state index contributed by atoms with van der Waals surface area (Å²) >= 11 is 0. The minimum absolute atomic E-state index is 0.637. The number of fused-ring (bicyclic) bond motifs is 1. The zero-order valence-corrected chi connectivity index (χ0v) is 12.8. The van der Waals surface area contributed by atoms with Gasteiger partial charge in [-0.15, -0.1) is 0 Å². The van der Waals surface area contributed by atoms with Crippen molar-refractivity contribution < 1.29 is 8.85 Å². The molecule has 1 heterocycles. The molecule has 0 spiro atoms. The molecule has 4 atom stereocenters. The first-order valence-corrected chi connectivity index (χ1v) is 8.46. The second-order valence-electron chi connectivity index (χ2n) is 5.90. The maximum Gasteiger partial charge on any atom is 0.410 e. The summed E-state index contributed by atoms with van der Waals surface area (Å²) in [4.78, 5) is 0. The van der Waals surface area contributed by atoms with E-state index in [2.05, 4.69) is 18.4 Å². The van der Waals surface area contributed by atoms with Crippen molar-refractivity contribution in [2.24, 2.45) is 11.8 Å². The zero-order valence-electron chi connectivity index (χ0n) is 11.7. The summed E-state index contributed by atoms with van der Waals surface area (Å²) in [5, 5.41) is 0. The van der Waals surface area contributed by atoms with E-state index in [4.69, 9.17) is 8.85 Å². The third-order valence-corrected chi connectivity index (χ3v) is 6.90. The molecular weight excluding hydrogens is 230 g/mol. The minimum Gasteiger partial charge on any atom is -0.388 e. The summed E-state index contributed by atoms with van der Waals surface area (Å²) in [6.07, 6.45) is 6.87. The largest absolute Gasteiger partial charge is 0.410 e. The van der Waals surface area contributed by atoms with E-state index in [9.17, 15) is 0 Å². The molecule has 0 bridgehead atoms. The van der Waals surface area contributed by atoms with Crippen molar-refractivity contribution in [1.29, 1.82) is 0 Å². The quantitative estimate of drug-likeness (QED) is 0.724. The highest BCUT2D eigenvalue weighted by Crippen LogP contribution is 2.40. The van der Waals surface area contributed by atoms with Crippen molar-refractivity contribution >= 4 is 9.45 Å². The molecule has 1 saturated carbocycles. The second kappa shape index (κ2) is 5.82. The Kier molecular flexibility index (Phi) is 4.63. The summed E-state index contributed by atoms with van der Waals surface area (Å²) in [6, 6.07) is 1.36. The standard InChI is InChI=1S/C13H27NO2Si/c1-10-5-7-12-8-6-11(2)14(13(12)9-10)17(15-3)16-4/h10-13,17H,5-9H2,1-4H3. The lowest BCUT2D eigenvalue weighted by atomic mass is 9.74. The molecule has 2 rings (SSSR count). The van der Waals surface area contributed by atoms with Gasteiger partial charge in [-0.3, -0.25) is 4.57 Å². The van der Waals surface area contributed by atoms with Gasteiger partial charge in [0, 0.05) is 26.3 Å². The Labute approximate surface area is 107 Å². The number of piperidine rings is 1. The molecule has 0 radical (unpaired) electrons. The Balaban J connectivity index is 2.13. The van der Waals surface area contributed by atoms with E-state index in [1.807, 2.05) is 14.2 Å². The van der Waals surface area contributed by atoms with Gasteiger partial charge in [0.05, 0.1) is 0 Å². The lowest BCUT2D eigenvalue weighted by molar-refractivity contribution is 0.0322. The molecule has 100 valence electrons. The molecule has 0 aromatic carbocycles. The normalized spacial score (nSPS) is 39.4. The molecule has 1 aliphatic heterocycles. The predicted octanol–water partition coefficient (Wildman–Crippen LogP) is 2.29. The Hall–Kier alpha value is 0.0969. The van der Waals surface area contributed by atoms with Crippen LogP contribution >= 0.6 is 0 Å². The highest BCUT2D eigenvalue weighted by Gasteiger charge is 2.42. The van der Waals surface area contributed by atoms with Crippen molar-refractivity contribution in [1.82, 2.24) is 4.57 Å². The van der Waals surface area contributed by atoms with Crippen LogP contribution in [0.15, 0.2) is 0 Å². The molecule has 4 heteroatoms. The van der Waals surface area contributed by atoms with E-state index in [1.165, 1.54) is 32.1 Å². The highest BCUT2D eigenvalue weighted by molar-refractivity contribution is 6.41. The van der Waals surface area contributed by atoms with E-state index >= 15 is 0 Å². The van der Waals surface area contributed by atoms with Gasteiger partial charge in [-0.25, -0.2) is 0 Å². The molecule has 1 aliphatic carbocycles. The summed E-state index contributed by atoms with van der Waals surface area (Å²) in [5.74, 6) is 1.76. The van der Waals surface area contributed by atoms with Crippen LogP contribution in [0.1, 0.15) is 46.0 Å². The fourth-order valence-corrected chi connectivity index (χ4v) is 5.67. The Morgan fingerprint density at radius 3 is 2.29 bits per heavy atom. The van der Waals surface area contributed by atoms with Gasteiger partial charge in [0.15, 0.2) is 0 Å². The summed E-state index contributed by atoms with van der Waals surface area (Å²) in [7, 11) is 2.00. The van der Waals surface area contributed by atoms with E-state index in [-0.39, 0.29) is 0 Å². The third-order valence-electron chi connectivity index (χ3n) is 4.71. The van der Waals surface area contributed by atoms with Crippen LogP contribution in [0.4, 0.5) is 0 Å². The molecule has 2 aliphatic rings. The maximum atomic E-state index is 5.64. The Morgan fingerprint density at radius 1 is 1.00 bits per heavy atom. The molecule has 17 heavy (non-hydrogen) atoms. The van der Waals surface area contributed by atoms with Crippen LogP contribution in [0.2, 0.25) is 0 Å². The molecule has 2 fully saturated rings. The van der Waals surface area contributed by atoms with Crippen molar-refractivity contribution in [3.8, 4) is 0 Å². The average Bonchev–Trinajstić information content (AvgIpc) is 2.33. The van der Waals surface area contributed by atoms with E-state index in [0.717, 1.165) is 17.9 Å². The number of rotatable bonds is 3. The lowest BCUT2D eigenvalue weighted by Crippen LogP contribution is -2.59. The fourth-order valence-electron chi connectivity index (χ4n) is 3.75. The van der Waals surface area contributed by atoms with Gasteiger partial charge in [0.2, 0.25) is 0 Å². The lowest BCUT2D eigenvalue weighted by Gasteiger charge is -2.50. The van der Waals surface area contributed by atoms with Crippen LogP contribution in [0.3, 0.4) is 0 Å². The number of nitrogens with zero attached hydrogens (tertiary/aromatic N) is 1. The van der Waals surface area contributed by atoms with Crippen LogP contribution in [-0.2, 0) is 8.85 Å². The van der Waals surface area contributed by atoms with Crippen LogP contribution in [0.25, 0.3) is 0 Å². The molecule has 0 aromatic rings. The summed E-state index contributed by atoms with van der Waals surface area (Å²) in [5.41, 5.74) is 0. The SMILES string of the molecule is CO[SiH](OC)N1C(C)CCC2CCC(C)CC21. The first-order valence-electron chi connectivity index (χ1n) is 7.00. The summed E-state index contributed by atoms with van der Waals surface area (Å²) in [6.45, 7) is 4.73. The van der Waals surface area contributed by atoms with Crippen LogP contribution in [0.5, 0.6) is 0 Å². The predicted molar refractivity (Wildman–Crippen MR) is 72.0 cm³/mol. The average molecular weight is 257 g/mol. The molecule has 3 nitrogen and oxygen atoms in total. The first kappa shape index (κ1) is 13.5. The van der Waals surface area contributed by atoms with E-state index in [0.29, 0.717) is 6.04 Å². The maximum absolute atomic E-state index is 5.64. The Bertz CT molecular complexity index is 246. The van der Waals surface area contributed by atoms with Crippen molar-refractivity contribution in [2.75, 3.05) is 14.2 Å². The van der Waals surface area contributed by atoms with Crippen LogP contribution < -0.4 is 0 Å². The van der Waals surface area contributed by atoms with Gasteiger partial charge in [-0.1, -0.05) is 20.3 Å². The highest BCUT2D eigenvalue weighted by atomic mass is 28.3. The van der Waals surface area contributed by atoms with Crippen molar-refractivity contribution in [3.05, 3.63) is 0 Å². The van der Waals surface area contributed by atoms with Gasteiger partial charge >= 0.3 is 9.45 Å².